The van der Waals surface area contributed by atoms with Crippen LogP contribution < -0.4 is 0 Å². The fraction of sp³-hybridized carbons (Fsp3) is 0.0870. The van der Waals surface area contributed by atoms with Crippen molar-refractivity contribution in [1.29, 1.82) is 0 Å². The molecule has 0 atom stereocenters. The van der Waals surface area contributed by atoms with Crippen LogP contribution >= 0.6 is 0 Å². The molecule has 0 aliphatic carbocycles. The van der Waals surface area contributed by atoms with Crippen LogP contribution in [-0.2, 0) is 0 Å². The lowest BCUT2D eigenvalue weighted by atomic mass is 10.0. The minimum Gasteiger partial charge on any atom is -0.299 e. The molecule has 2 heteroatoms. The first-order valence-corrected chi connectivity index (χ1v) is 8.50. The SMILES string of the molecule is Cc1cccc(C)c1-n1ccnc1-c1cccc(-c2ccccc2)c1. The third-order valence-corrected chi connectivity index (χ3v) is 4.55. The smallest absolute Gasteiger partial charge is 0.144 e. The van der Waals surface area contributed by atoms with E-state index in [4.69, 9.17) is 0 Å². The lowest BCUT2D eigenvalue weighted by Gasteiger charge is -2.14. The molecule has 25 heavy (non-hydrogen) atoms. The zero-order valence-electron chi connectivity index (χ0n) is 14.5. The van der Waals surface area contributed by atoms with Gasteiger partial charge in [0.15, 0.2) is 0 Å². The van der Waals surface area contributed by atoms with E-state index in [9.17, 15) is 0 Å². The van der Waals surface area contributed by atoms with E-state index in [1.165, 1.54) is 27.9 Å². The Balaban J connectivity index is 1.84. The lowest BCUT2D eigenvalue weighted by molar-refractivity contribution is 1.03. The molecule has 0 unspecified atom stereocenters. The molecular weight excluding hydrogens is 304 g/mol. The number of rotatable bonds is 3. The molecule has 0 amide bonds. The highest BCUT2D eigenvalue weighted by Gasteiger charge is 2.12. The van der Waals surface area contributed by atoms with Crippen LogP contribution in [0, 0.1) is 13.8 Å². The summed E-state index contributed by atoms with van der Waals surface area (Å²) in [5, 5.41) is 0. The van der Waals surface area contributed by atoms with Crippen LogP contribution in [0.1, 0.15) is 11.1 Å². The summed E-state index contributed by atoms with van der Waals surface area (Å²) >= 11 is 0. The average molecular weight is 324 g/mol. The maximum atomic E-state index is 4.64. The fourth-order valence-corrected chi connectivity index (χ4v) is 3.35. The Morgan fingerprint density at radius 1 is 0.680 bits per heavy atom. The van der Waals surface area contributed by atoms with Gasteiger partial charge in [0.2, 0.25) is 0 Å². The Hall–Kier alpha value is -3.13. The molecule has 0 bridgehead atoms. The van der Waals surface area contributed by atoms with Crippen molar-refractivity contribution in [1.82, 2.24) is 9.55 Å². The number of para-hydroxylation sites is 1. The van der Waals surface area contributed by atoms with Gasteiger partial charge in [0.25, 0.3) is 0 Å². The molecule has 2 nitrogen and oxygen atoms in total. The number of imidazole rings is 1. The minimum atomic E-state index is 0.968. The third kappa shape index (κ3) is 2.87. The maximum Gasteiger partial charge on any atom is 0.144 e. The third-order valence-electron chi connectivity index (χ3n) is 4.55. The topological polar surface area (TPSA) is 17.8 Å². The van der Waals surface area contributed by atoms with Crippen molar-refractivity contribution in [2.75, 3.05) is 0 Å². The second-order valence-electron chi connectivity index (χ2n) is 6.31. The van der Waals surface area contributed by atoms with Crippen LogP contribution in [0.15, 0.2) is 85.2 Å². The molecule has 0 aliphatic heterocycles. The van der Waals surface area contributed by atoms with E-state index in [1.807, 2.05) is 18.5 Å². The first-order valence-electron chi connectivity index (χ1n) is 8.50. The van der Waals surface area contributed by atoms with Gasteiger partial charge in [-0.15, -0.1) is 0 Å². The van der Waals surface area contributed by atoms with Crippen LogP contribution in [0.5, 0.6) is 0 Å². The summed E-state index contributed by atoms with van der Waals surface area (Å²) in [4.78, 5) is 4.64. The molecule has 3 aromatic carbocycles. The van der Waals surface area contributed by atoms with Gasteiger partial charge in [0.1, 0.15) is 5.82 Å². The van der Waals surface area contributed by atoms with E-state index in [1.54, 1.807) is 0 Å². The number of benzene rings is 3. The summed E-state index contributed by atoms with van der Waals surface area (Å²) < 4.78 is 2.19. The normalized spacial score (nSPS) is 10.8. The summed E-state index contributed by atoms with van der Waals surface area (Å²) in [7, 11) is 0. The molecule has 1 aromatic heterocycles. The fourth-order valence-electron chi connectivity index (χ4n) is 3.35. The van der Waals surface area contributed by atoms with Crippen LogP contribution in [0.2, 0.25) is 0 Å². The van der Waals surface area contributed by atoms with Crippen LogP contribution in [0.25, 0.3) is 28.2 Å². The monoisotopic (exact) mass is 324 g/mol. The summed E-state index contributed by atoms with van der Waals surface area (Å²) in [5.74, 6) is 0.968. The molecule has 0 spiro atoms. The van der Waals surface area contributed by atoms with Gasteiger partial charge >= 0.3 is 0 Å². The van der Waals surface area contributed by atoms with Crippen molar-refractivity contribution in [2.24, 2.45) is 0 Å². The molecule has 4 rings (SSSR count). The summed E-state index contributed by atoms with van der Waals surface area (Å²) in [6.45, 7) is 4.29. The zero-order valence-corrected chi connectivity index (χ0v) is 14.5. The number of hydrogen-bond acceptors (Lipinski definition) is 1. The Kier molecular flexibility index (Phi) is 3.95. The number of aryl methyl sites for hydroxylation is 2. The Labute approximate surface area is 148 Å². The predicted molar refractivity (Wildman–Crippen MR) is 104 cm³/mol. The van der Waals surface area contributed by atoms with Gasteiger partial charge in [0.05, 0.1) is 5.69 Å². The molecular formula is C23H20N2. The zero-order chi connectivity index (χ0) is 17.2. The lowest BCUT2D eigenvalue weighted by Crippen LogP contribution is -2.01. The standard InChI is InChI=1S/C23H20N2/c1-17-8-6-9-18(2)22(17)25-15-14-24-23(25)21-13-7-12-20(16-21)19-10-4-3-5-11-19/h3-16H,1-2H3. The Bertz CT molecular complexity index is 993. The molecule has 0 fully saturated rings. The highest BCUT2D eigenvalue weighted by molar-refractivity contribution is 5.71. The van der Waals surface area contributed by atoms with E-state index in [-0.39, 0.29) is 0 Å². The first-order chi connectivity index (χ1) is 12.2. The molecule has 1 heterocycles. The summed E-state index contributed by atoms with van der Waals surface area (Å²) in [5.41, 5.74) is 7.25. The van der Waals surface area contributed by atoms with Crippen molar-refractivity contribution in [3.63, 3.8) is 0 Å². The quantitative estimate of drug-likeness (QED) is 0.464. The molecule has 0 saturated carbocycles. The van der Waals surface area contributed by atoms with Crippen molar-refractivity contribution in [2.45, 2.75) is 13.8 Å². The van der Waals surface area contributed by atoms with E-state index in [0.717, 1.165) is 11.4 Å². The van der Waals surface area contributed by atoms with Crippen molar-refractivity contribution >= 4 is 0 Å². The van der Waals surface area contributed by atoms with E-state index >= 15 is 0 Å². The molecule has 0 N–H and O–H groups in total. The van der Waals surface area contributed by atoms with Gasteiger partial charge in [0, 0.05) is 18.0 Å². The van der Waals surface area contributed by atoms with Crippen LogP contribution in [-0.4, -0.2) is 9.55 Å². The molecule has 0 radical (unpaired) electrons. The van der Waals surface area contributed by atoms with Gasteiger partial charge in [-0.05, 0) is 42.2 Å². The molecule has 4 aromatic rings. The van der Waals surface area contributed by atoms with E-state index < -0.39 is 0 Å². The highest BCUT2D eigenvalue weighted by atomic mass is 15.1. The molecule has 122 valence electrons. The maximum absolute atomic E-state index is 4.64. The predicted octanol–water partition coefficient (Wildman–Crippen LogP) is 5.82. The number of hydrogen-bond donors (Lipinski definition) is 0. The second kappa shape index (κ2) is 6.40. The van der Waals surface area contributed by atoms with Crippen molar-refractivity contribution in [3.8, 4) is 28.2 Å². The van der Waals surface area contributed by atoms with Gasteiger partial charge in [-0.25, -0.2) is 4.98 Å². The van der Waals surface area contributed by atoms with Crippen LogP contribution in [0.3, 0.4) is 0 Å². The summed E-state index contributed by atoms with van der Waals surface area (Å²) in [6.07, 6.45) is 3.91. The minimum absolute atomic E-state index is 0.968. The first kappa shape index (κ1) is 15.4. The average Bonchev–Trinajstić information content (AvgIpc) is 3.12. The molecule has 0 aliphatic rings. The van der Waals surface area contributed by atoms with Crippen molar-refractivity contribution < 1.29 is 0 Å². The van der Waals surface area contributed by atoms with Gasteiger partial charge in [-0.2, -0.15) is 0 Å². The Morgan fingerprint density at radius 3 is 2.08 bits per heavy atom. The van der Waals surface area contributed by atoms with Gasteiger partial charge in [-0.3, -0.25) is 4.57 Å². The van der Waals surface area contributed by atoms with Gasteiger partial charge < -0.3 is 0 Å². The number of nitrogens with zero attached hydrogens (tertiary/aromatic N) is 2. The van der Waals surface area contributed by atoms with Crippen molar-refractivity contribution in [3.05, 3.63) is 96.3 Å². The van der Waals surface area contributed by atoms with Gasteiger partial charge in [-0.1, -0.05) is 66.7 Å². The second-order valence-corrected chi connectivity index (χ2v) is 6.31. The van der Waals surface area contributed by atoms with E-state index in [2.05, 4.69) is 90.1 Å². The Morgan fingerprint density at radius 2 is 1.32 bits per heavy atom. The largest absolute Gasteiger partial charge is 0.299 e. The number of aromatic nitrogens is 2. The van der Waals surface area contributed by atoms with E-state index in [0.29, 0.717) is 0 Å². The summed E-state index contributed by atoms with van der Waals surface area (Å²) in [6, 6.07) is 25.4. The molecule has 0 saturated heterocycles. The highest BCUT2D eigenvalue weighted by Crippen LogP contribution is 2.29. The van der Waals surface area contributed by atoms with Crippen LogP contribution in [0.4, 0.5) is 0 Å².